The van der Waals surface area contributed by atoms with Gasteiger partial charge in [-0.1, -0.05) is 0 Å². The fourth-order valence-electron chi connectivity index (χ4n) is 3.19. The molecular formula is C14H23N5O. The summed E-state index contributed by atoms with van der Waals surface area (Å²) in [6.07, 6.45) is 4.35. The number of nitrogens with zero attached hydrogens (tertiary/aromatic N) is 4. The summed E-state index contributed by atoms with van der Waals surface area (Å²) in [7, 11) is 0. The lowest BCUT2D eigenvalue weighted by Crippen LogP contribution is -2.47. The molecule has 110 valence electrons. The molecule has 0 bridgehead atoms. The molecule has 1 aromatic heterocycles. The summed E-state index contributed by atoms with van der Waals surface area (Å²) in [6, 6.07) is 0.228. The summed E-state index contributed by atoms with van der Waals surface area (Å²) >= 11 is 0. The Hall–Kier alpha value is -1.59. The van der Waals surface area contributed by atoms with Crippen LogP contribution in [0.4, 0.5) is 4.79 Å². The van der Waals surface area contributed by atoms with Crippen molar-refractivity contribution in [3.63, 3.8) is 0 Å². The number of hydrogen-bond donors (Lipinski definition) is 1. The van der Waals surface area contributed by atoms with Crippen LogP contribution in [0.15, 0.2) is 0 Å². The highest BCUT2D eigenvalue weighted by atomic mass is 16.2. The minimum atomic E-state index is 0.0471. The SMILES string of the molecule is CC(C)NC(=O)N1CCC[C@H](c2nnc3n2CCC3)C1. The number of carbonyl (C=O) groups excluding carboxylic acids is 1. The molecule has 1 saturated heterocycles. The minimum Gasteiger partial charge on any atom is -0.336 e. The van der Waals surface area contributed by atoms with Crippen molar-refractivity contribution in [2.45, 2.75) is 58.0 Å². The molecular weight excluding hydrogens is 254 g/mol. The molecule has 0 saturated carbocycles. The van der Waals surface area contributed by atoms with Crippen LogP contribution in [0.2, 0.25) is 0 Å². The first-order valence-corrected chi connectivity index (χ1v) is 7.62. The van der Waals surface area contributed by atoms with Crippen LogP contribution >= 0.6 is 0 Å². The van der Waals surface area contributed by atoms with Gasteiger partial charge in [-0.2, -0.15) is 0 Å². The van der Waals surface area contributed by atoms with Gasteiger partial charge in [-0.05, 0) is 33.1 Å². The van der Waals surface area contributed by atoms with Crippen molar-refractivity contribution >= 4 is 6.03 Å². The number of rotatable bonds is 2. The van der Waals surface area contributed by atoms with Gasteiger partial charge < -0.3 is 14.8 Å². The number of fused-ring (bicyclic) bond motifs is 1. The lowest BCUT2D eigenvalue weighted by molar-refractivity contribution is 0.175. The molecule has 2 amide bonds. The standard InChI is InChI=1S/C14H23N5O/c1-10(2)15-14(20)18-7-3-5-11(9-18)13-17-16-12-6-4-8-19(12)13/h10-11H,3-9H2,1-2H3,(H,15,20)/t11-/m0/s1. The van der Waals surface area contributed by atoms with E-state index in [0.29, 0.717) is 5.92 Å². The number of aromatic nitrogens is 3. The average Bonchev–Trinajstić information content (AvgIpc) is 3.00. The first kappa shape index (κ1) is 13.4. The summed E-state index contributed by atoms with van der Waals surface area (Å²) < 4.78 is 2.26. The number of nitrogens with one attached hydrogen (secondary N) is 1. The molecule has 0 aliphatic carbocycles. The van der Waals surface area contributed by atoms with Crippen molar-refractivity contribution in [2.24, 2.45) is 0 Å². The maximum atomic E-state index is 12.1. The first-order valence-electron chi connectivity index (χ1n) is 7.62. The fraction of sp³-hybridized carbons (Fsp3) is 0.786. The highest BCUT2D eigenvalue weighted by molar-refractivity contribution is 5.74. The number of urea groups is 1. The van der Waals surface area contributed by atoms with E-state index in [1.54, 1.807) is 0 Å². The molecule has 2 aliphatic heterocycles. The first-order chi connectivity index (χ1) is 9.65. The van der Waals surface area contributed by atoms with Crippen molar-refractivity contribution < 1.29 is 4.79 Å². The highest BCUT2D eigenvalue weighted by Gasteiger charge is 2.30. The minimum absolute atomic E-state index is 0.0471. The molecule has 2 aliphatic rings. The number of likely N-dealkylation sites (tertiary alicyclic amines) is 1. The zero-order valence-corrected chi connectivity index (χ0v) is 12.3. The van der Waals surface area contributed by atoms with E-state index in [0.717, 1.165) is 50.5 Å². The van der Waals surface area contributed by atoms with Gasteiger partial charge in [0.25, 0.3) is 0 Å². The van der Waals surface area contributed by atoms with Gasteiger partial charge in [-0.15, -0.1) is 10.2 Å². The third-order valence-electron chi connectivity index (χ3n) is 4.12. The Kier molecular flexibility index (Phi) is 3.63. The van der Waals surface area contributed by atoms with E-state index in [1.807, 2.05) is 18.7 Å². The van der Waals surface area contributed by atoms with Crippen LogP contribution in [-0.4, -0.2) is 44.8 Å². The Bertz CT molecular complexity index is 496. The predicted octanol–water partition coefficient (Wildman–Crippen LogP) is 1.52. The number of piperidine rings is 1. The third kappa shape index (κ3) is 2.51. The molecule has 0 radical (unpaired) electrons. The van der Waals surface area contributed by atoms with Crippen molar-refractivity contribution in [1.82, 2.24) is 25.0 Å². The maximum Gasteiger partial charge on any atom is 0.317 e. The second kappa shape index (κ2) is 5.42. The molecule has 1 aromatic rings. The van der Waals surface area contributed by atoms with Gasteiger partial charge in [-0.3, -0.25) is 0 Å². The highest BCUT2D eigenvalue weighted by Crippen LogP contribution is 2.28. The lowest BCUT2D eigenvalue weighted by atomic mass is 9.97. The summed E-state index contributed by atoms with van der Waals surface area (Å²) in [5.41, 5.74) is 0. The number of hydrogen-bond acceptors (Lipinski definition) is 3. The van der Waals surface area contributed by atoms with E-state index in [-0.39, 0.29) is 12.1 Å². The molecule has 1 atom stereocenters. The normalized spacial score (nSPS) is 22.1. The molecule has 1 fully saturated rings. The molecule has 0 spiro atoms. The van der Waals surface area contributed by atoms with Gasteiger partial charge in [0.15, 0.2) is 0 Å². The number of carbonyl (C=O) groups is 1. The lowest BCUT2D eigenvalue weighted by Gasteiger charge is -2.32. The van der Waals surface area contributed by atoms with Crippen LogP contribution in [0.3, 0.4) is 0 Å². The fourth-order valence-corrected chi connectivity index (χ4v) is 3.19. The van der Waals surface area contributed by atoms with E-state index in [9.17, 15) is 4.79 Å². The van der Waals surface area contributed by atoms with Crippen LogP contribution < -0.4 is 5.32 Å². The largest absolute Gasteiger partial charge is 0.336 e. The van der Waals surface area contributed by atoms with Crippen molar-refractivity contribution in [1.29, 1.82) is 0 Å². The second-order valence-electron chi connectivity index (χ2n) is 6.12. The molecule has 3 heterocycles. The Morgan fingerprint density at radius 2 is 2.15 bits per heavy atom. The summed E-state index contributed by atoms with van der Waals surface area (Å²) in [6.45, 7) is 6.62. The summed E-state index contributed by atoms with van der Waals surface area (Å²) in [4.78, 5) is 14.1. The summed E-state index contributed by atoms with van der Waals surface area (Å²) in [5.74, 6) is 2.53. The Balaban J connectivity index is 1.70. The van der Waals surface area contributed by atoms with Crippen LogP contribution in [-0.2, 0) is 13.0 Å². The average molecular weight is 277 g/mol. The number of amides is 2. The van der Waals surface area contributed by atoms with E-state index in [2.05, 4.69) is 20.1 Å². The van der Waals surface area contributed by atoms with Crippen LogP contribution in [0.1, 0.15) is 50.7 Å². The van der Waals surface area contributed by atoms with Gasteiger partial charge >= 0.3 is 6.03 Å². The topological polar surface area (TPSA) is 63.1 Å². The van der Waals surface area contributed by atoms with Crippen LogP contribution in [0.25, 0.3) is 0 Å². The van der Waals surface area contributed by atoms with E-state index in [4.69, 9.17) is 0 Å². The molecule has 6 nitrogen and oxygen atoms in total. The molecule has 0 unspecified atom stereocenters. The van der Waals surface area contributed by atoms with E-state index in [1.165, 1.54) is 6.42 Å². The van der Waals surface area contributed by atoms with Crippen LogP contribution in [0, 0.1) is 0 Å². The number of aryl methyl sites for hydroxylation is 1. The molecule has 1 N–H and O–H groups in total. The van der Waals surface area contributed by atoms with Gasteiger partial charge in [0, 0.05) is 38.0 Å². The van der Waals surface area contributed by atoms with Gasteiger partial charge in [0.2, 0.25) is 0 Å². The Morgan fingerprint density at radius 3 is 2.95 bits per heavy atom. The zero-order chi connectivity index (χ0) is 14.1. The van der Waals surface area contributed by atoms with Gasteiger partial charge in [0.05, 0.1) is 0 Å². The second-order valence-corrected chi connectivity index (χ2v) is 6.12. The third-order valence-corrected chi connectivity index (χ3v) is 4.12. The van der Waals surface area contributed by atoms with E-state index < -0.39 is 0 Å². The zero-order valence-electron chi connectivity index (χ0n) is 12.3. The Morgan fingerprint density at radius 1 is 1.30 bits per heavy atom. The Labute approximate surface area is 119 Å². The van der Waals surface area contributed by atoms with Crippen molar-refractivity contribution in [2.75, 3.05) is 13.1 Å². The quantitative estimate of drug-likeness (QED) is 0.891. The van der Waals surface area contributed by atoms with Gasteiger partial charge in [-0.25, -0.2) is 4.79 Å². The molecule has 0 aromatic carbocycles. The monoisotopic (exact) mass is 277 g/mol. The molecule has 20 heavy (non-hydrogen) atoms. The van der Waals surface area contributed by atoms with Crippen molar-refractivity contribution in [3.05, 3.63) is 11.6 Å². The molecule has 3 rings (SSSR count). The van der Waals surface area contributed by atoms with Crippen molar-refractivity contribution in [3.8, 4) is 0 Å². The van der Waals surface area contributed by atoms with E-state index >= 15 is 0 Å². The van der Waals surface area contributed by atoms with Gasteiger partial charge in [0.1, 0.15) is 11.6 Å². The summed E-state index contributed by atoms with van der Waals surface area (Å²) in [5, 5.41) is 11.6. The maximum absolute atomic E-state index is 12.1. The molecule has 6 heteroatoms. The van der Waals surface area contributed by atoms with Crippen LogP contribution in [0.5, 0.6) is 0 Å². The smallest absolute Gasteiger partial charge is 0.317 e. The predicted molar refractivity (Wildman–Crippen MR) is 75.6 cm³/mol.